The van der Waals surface area contributed by atoms with E-state index in [0.29, 0.717) is 0 Å². The molecule has 0 spiro atoms. The maximum atomic E-state index is 14.9. The number of hydrogen-bond acceptors (Lipinski definition) is 2. The van der Waals surface area contributed by atoms with Crippen molar-refractivity contribution in [3.63, 3.8) is 0 Å². The number of allylic oxidation sites excluding steroid dienone is 1. The van der Waals surface area contributed by atoms with Crippen LogP contribution in [0.25, 0.3) is 0 Å². The van der Waals surface area contributed by atoms with Crippen molar-refractivity contribution in [3.05, 3.63) is 11.1 Å². The Bertz CT molecular complexity index is 1270. The summed E-state index contributed by atoms with van der Waals surface area (Å²) in [4.78, 5) is 22.4. The van der Waals surface area contributed by atoms with Gasteiger partial charge in [0.25, 0.3) is 0 Å². The number of alkyl halides is 26. The first-order chi connectivity index (χ1) is 21.7. The van der Waals surface area contributed by atoms with E-state index in [-0.39, 0.29) is 0 Å². The predicted octanol–water partition coefficient (Wildman–Crippen LogP) is 9.59. The molecule has 0 aliphatic heterocycles. The number of carbonyl (C=O) groups is 2. The maximum Gasteiger partial charge on any atom is 0.460 e. The second-order valence-corrected chi connectivity index (χ2v) is 10.1. The molecule has 0 aliphatic carbocycles. The average Bonchev–Trinajstić information content (AvgIpc) is 2.89. The van der Waals surface area contributed by atoms with Crippen LogP contribution in [0.1, 0.15) is 20.3 Å². The molecule has 0 amide bonds. The van der Waals surface area contributed by atoms with Crippen LogP contribution in [0.5, 0.6) is 0 Å². The van der Waals surface area contributed by atoms with E-state index >= 15 is 0 Å². The summed E-state index contributed by atoms with van der Waals surface area (Å²) >= 11 is 0. The Morgan fingerprint density at radius 3 is 0.804 bits per heavy atom. The molecule has 302 valence electrons. The molecule has 0 bridgehead atoms. The van der Waals surface area contributed by atoms with E-state index in [0.717, 1.165) is 0 Å². The van der Waals surface area contributed by atoms with E-state index in [1.807, 2.05) is 0 Å². The van der Waals surface area contributed by atoms with Gasteiger partial charge < -0.3 is 10.2 Å². The Morgan fingerprint density at radius 1 is 0.412 bits per heavy atom. The van der Waals surface area contributed by atoms with Crippen LogP contribution < -0.4 is 0 Å². The topological polar surface area (TPSA) is 74.6 Å². The van der Waals surface area contributed by atoms with Gasteiger partial charge in [0.1, 0.15) is 0 Å². The molecule has 0 heterocycles. The normalized spacial score (nSPS) is 16.9. The van der Waals surface area contributed by atoms with Gasteiger partial charge in [-0.3, -0.25) is 4.79 Å². The lowest BCUT2D eigenvalue weighted by atomic mass is 9.74. The quantitative estimate of drug-likeness (QED) is 0.128. The standard InChI is InChI=1S/C21H12F26O4/c1-4(10(22,23)12(26,27)14(30,31)16(34,35)18(38,39)20(42,43)44)8(6(9(50)51)3-7(48)49)5(2)11(24,25)13(28,29)15(32,33)17(36,37)19(40,41)21(45,46)47/h4-5H,3H2,1-2H3,(H,48,49)(H,50,51). The van der Waals surface area contributed by atoms with Gasteiger partial charge in [-0.1, -0.05) is 13.8 Å². The molecule has 30 heteroatoms. The van der Waals surface area contributed by atoms with Gasteiger partial charge in [-0.25, -0.2) is 4.79 Å². The van der Waals surface area contributed by atoms with Gasteiger partial charge in [0.05, 0.1) is 6.42 Å². The summed E-state index contributed by atoms with van der Waals surface area (Å²) in [5.74, 6) is -102. The molecule has 0 saturated heterocycles. The molecule has 2 atom stereocenters. The summed E-state index contributed by atoms with van der Waals surface area (Å²) in [6, 6.07) is 0. The second-order valence-electron chi connectivity index (χ2n) is 10.1. The van der Waals surface area contributed by atoms with Gasteiger partial charge in [0.15, 0.2) is 0 Å². The van der Waals surface area contributed by atoms with Gasteiger partial charge in [0.2, 0.25) is 0 Å². The van der Waals surface area contributed by atoms with Crippen LogP contribution in [0.4, 0.5) is 114 Å². The summed E-state index contributed by atoms with van der Waals surface area (Å²) in [6.07, 6.45) is -19.0. The first-order valence-corrected chi connectivity index (χ1v) is 11.8. The maximum absolute atomic E-state index is 14.9. The monoisotopic (exact) mass is 822 g/mol. The minimum absolute atomic E-state index is 1.22. The van der Waals surface area contributed by atoms with Crippen molar-refractivity contribution in [2.45, 2.75) is 91.8 Å². The summed E-state index contributed by atoms with van der Waals surface area (Å²) in [5.41, 5.74) is -6.78. The van der Waals surface area contributed by atoms with Crippen LogP contribution in [0.2, 0.25) is 0 Å². The second kappa shape index (κ2) is 12.8. The Labute approximate surface area is 262 Å². The van der Waals surface area contributed by atoms with Crippen LogP contribution in [0, 0.1) is 11.8 Å². The SMILES string of the molecule is CC(C(=C(CC(=O)O)C(=O)O)C(C)C(F)(F)C(F)(F)C(F)(F)C(F)(F)C(F)(F)C(F)(F)F)C(F)(F)C(F)(F)C(F)(F)C(F)(F)C(F)(F)C(F)(F)F. The molecule has 0 aromatic rings. The zero-order valence-corrected chi connectivity index (χ0v) is 23.4. The molecule has 0 aromatic heterocycles. The molecule has 0 aliphatic rings. The van der Waals surface area contributed by atoms with Crippen molar-refractivity contribution in [1.29, 1.82) is 0 Å². The van der Waals surface area contributed by atoms with E-state index in [2.05, 4.69) is 0 Å². The summed E-state index contributed by atoms with van der Waals surface area (Å²) in [5, 5.41) is 17.7. The highest BCUT2D eigenvalue weighted by Crippen LogP contribution is 2.65. The minimum atomic E-state index is -8.86. The Kier molecular flexibility index (Phi) is 12.0. The number of rotatable bonds is 15. The third-order valence-electron chi connectivity index (χ3n) is 6.87. The first kappa shape index (κ1) is 47.9. The summed E-state index contributed by atoms with van der Waals surface area (Å²) in [6.45, 7) is -2.45. The lowest BCUT2D eigenvalue weighted by Gasteiger charge is -2.44. The fraction of sp³-hybridized carbons (Fsp3) is 0.810. The Hall–Kier alpha value is -3.14. The fourth-order valence-electron chi connectivity index (χ4n) is 3.85. The van der Waals surface area contributed by atoms with Crippen LogP contribution in [-0.2, 0) is 9.59 Å². The van der Waals surface area contributed by atoms with E-state index < -0.39 is 127 Å². The van der Waals surface area contributed by atoms with Gasteiger partial charge >= 0.3 is 83.5 Å². The van der Waals surface area contributed by atoms with Gasteiger partial charge in [-0.2, -0.15) is 114 Å². The smallest absolute Gasteiger partial charge is 0.460 e. The fourth-order valence-corrected chi connectivity index (χ4v) is 3.85. The predicted molar refractivity (Wildman–Crippen MR) is 107 cm³/mol. The van der Waals surface area contributed by atoms with Crippen molar-refractivity contribution in [1.82, 2.24) is 0 Å². The average molecular weight is 822 g/mol. The third-order valence-corrected chi connectivity index (χ3v) is 6.87. The molecule has 0 fully saturated rings. The molecule has 51 heavy (non-hydrogen) atoms. The Balaban J connectivity index is 8.12. The molecule has 2 N–H and O–H groups in total. The van der Waals surface area contributed by atoms with E-state index in [9.17, 15) is 124 Å². The van der Waals surface area contributed by atoms with Crippen molar-refractivity contribution < 1.29 is 134 Å². The lowest BCUT2D eigenvalue weighted by Crippen LogP contribution is -2.71. The van der Waals surface area contributed by atoms with Gasteiger partial charge in [-0.15, -0.1) is 0 Å². The van der Waals surface area contributed by atoms with E-state index in [1.54, 1.807) is 0 Å². The molecule has 0 rings (SSSR count). The zero-order chi connectivity index (χ0) is 42.2. The van der Waals surface area contributed by atoms with Crippen molar-refractivity contribution in [3.8, 4) is 0 Å². The molecule has 2 unspecified atom stereocenters. The number of hydrogen-bond donors (Lipinski definition) is 2. The van der Waals surface area contributed by atoms with Crippen LogP contribution in [0.3, 0.4) is 0 Å². The number of halogens is 26. The minimum Gasteiger partial charge on any atom is -0.481 e. The largest absolute Gasteiger partial charge is 0.481 e. The van der Waals surface area contributed by atoms with Crippen molar-refractivity contribution in [2.24, 2.45) is 11.8 Å². The highest BCUT2D eigenvalue weighted by molar-refractivity contribution is 5.93. The highest BCUT2D eigenvalue weighted by Gasteiger charge is 2.93. The molecule has 0 saturated carbocycles. The van der Waals surface area contributed by atoms with Crippen LogP contribution >= 0.6 is 0 Å². The first-order valence-electron chi connectivity index (χ1n) is 11.8. The van der Waals surface area contributed by atoms with E-state index in [1.165, 1.54) is 0 Å². The summed E-state index contributed by atoms with van der Waals surface area (Å²) < 4.78 is 354. The van der Waals surface area contributed by atoms with Crippen LogP contribution in [-0.4, -0.2) is 93.7 Å². The molecular weight excluding hydrogens is 810 g/mol. The van der Waals surface area contributed by atoms with Gasteiger partial charge in [0, 0.05) is 17.4 Å². The highest BCUT2D eigenvalue weighted by atomic mass is 19.4. The van der Waals surface area contributed by atoms with Gasteiger partial charge in [-0.05, 0) is 5.57 Å². The molecule has 0 aromatic carbocycles. The zero-order valence-electron chi connectivity index (χ0n) is 23.4. The third kappa shape index (κ3) is 6.67. The molecular formula is C21H12F26O4. The van der Waals surface area contributed by atoms with E-state index in [4.69, 9.17) is 10.2 Å². The summed E-state index contributed by atoms with van der Waals surface area (Å²) in [7, 11) is 0. The molecule has 0 radical (unpaired) electrons. The van der Waals surface area contributed by atoms with Crippen molar-refractivity contribution in [2.75, 3.05) is 0 Å². The number of aliphatic carboxylic acids is 2. The molecule has 4 nitrogen and oxygen atoms in total. The van der Waals surface area contributed by atoms with Crippen LogP contribution in [0.15, 0.2) is 11.1 Å². The number of carboxylic acids is 2. The van der Waals surface area contributed by atoms with Crippen molar-refractivity contribution >= 4 is 11.9 Å². The lowest BCUT2D eigenvalue weighted by molar-refractivity contribution is -0.444. The number of carboxylic acid groups (broad SMARTS) is 2. The Morgan fingerprint density at radius 2 is 0.627 bits per heavy atom.